The van der Waals surface area contributed by atoms with E-state index >= 15 is 0 Å². The van der Waals surface area contributed by atoms with E-state index in [1.807, 2.05) is 24.3 Å². The van der Waals surface area contributed by atoms with Crippen molar-refractivity contribution in [3.63, 3.8) is 0 Å². The lowest BCUT2D eigenvalue weighted by Gasteiger charge is -2.19. The number of benzene rings is 1. The summed E-state index contributed by atoms with van der Waals surface area (Å²) in [5, 5.41) is 3.20. The minimum absolute atomic E-state index is 0.312. The van der Waals surface area contributed by atoms with Crippen molar-refractivity contribution >= 4 is 12.0 Å². The highest BCUT2D eigenvalue weighted by Gasteiger charge is 2.17. The third-order valence-corrected chi connectivity index (χ3v) is 3.56. The van der Waals surface area contributed by atoms with Gasteiger partial charge in [-0.25, -0.2) is 0 Å². The first-order valence-electron chi connectivity index (χ1n) is 6.95. The zero-order valence-corrected chi connectivity index (χ0v) is 11.2. The summed E-state index contributed by atoms with van der Waals surface area (Å²) in [6.45, 7) is 0.880. The van der Waals surface area contributed by atoms with Crippen LogP contribution in [0.3, 0.4) is 0 Å². The lowest BCUT2D eigenvalue weighted by atomic mass is 10.1. The smallest absolute Gasteiger partial charge is 0.144 e. The van der Waals surface area contributed by atoms with Crippen molar-refractivity contribution < 1.29 is 9.53 Å². The monoisotopic (exact) mass is 262 g/mol. The van der Waals surface area contributed by atoms with Crippen LogP contribution in [0.1, 0.15) is 31.2 Å². The van der Waals surface area contributed by atoms with Crippen molar-refractivity contribution in [3.8, 4) is 0 Å². The van der Waals surface area contributed by atoms with Gasteiger partial charge < -0.3 is 20.6 Å². The Morgan fingerprint density at radius 3 is 2.79 bits per heavy atom. The number of nitrogens with two attached hydrogens (primary N) is 1. The average molecular weight is 262 g/mol. The lowest BCUT2D eigenvalue weighted by Crippen LogP contribution is -2.29. The van der Waals surface area contributed by atoms with Crippen LogP contribution in [0.2, 0.25) is 0 Å². The normalized spacial score (nSPS) is 17.3. The number of nitrogens with one attached hydrogen (secondary N) is 1. The SMILES string of the molecule is NCc1ccccc1NC(C=O)COC1CCCC1. The van der Waals surface area contributed by atoms with Gasteiger partial charge in [0.2, 0.25) is 0 Å². The zero-order chi connectivity index (χ0) is 13.5. The predicted molar refractivity (Wildman–Crippen MR) is 76.0 cm³/mol. The molecule has 0 amide bonds. The van der Waals surface area contributed by atoms with Gasteiger partial charge in [-0.2, -0.15) is 0 Å². The first kappa shape index (κ1) is 14.0. The largest absolute Gasteiger partial charge is 0.376 e. The Morgan fingerprint density at radius 2 is 2.11 bits per heavy atom. The lowest BCUT2D eigenvalue weighted by molar-refractivity contribution is -0.110. The van der Waals surface area contributed by atoms with E-state index in [0.29, 0.717) is 19.3 Å². The van der Waals surface area contributed by atoms with E-state index in [-0.39, 0.29) is 6.04 Å². The summed E-state index contributed by atoms with van der Waals surface area (Å²) in [5.74, 6) is 0. The number of carbonyl (C=O) groups is 1. The maximum atomic E-state index is 11.1. The van der Waals surface area contributed by atoms with Gasteiger partial charge in [-0.05, 0) is 24.5 Å². The maximum Gasteiger partial charge on any atom is 0.144 e. The van der Waals surface area contributed by atoms with Gasteiger partial charge in [-0.3, -0.25) is 0 Å². The highest BCUT2D eigenvalue weighted by Crippen LogP contribution is 2.21. The molecule has 1 aliphatic rings. The first-order chi connectivity index (χ1) is 9.33. The number of carbonyl (C=O) groups excluding carboxylic acids is 1. The van der Waals surface area contributed by atoms with Gasteiger partial charge in [0, 0.05) is 12.2 Å². The van der Waals surface area contributed by atoms with Crippen molar-refractivity contribution in [3.05, 3.63) is 29.8 Å². The molecule has 1 aromatic rings. The summed E-state index contributed by atoms with van der Waals surface area (Å²) in [5.41, 5.74) is 7.61. The van der Waals surface area contributed by atoms with Crippen LogP contribution in [-0.2, 0) is 16.1 Å². The van der Waals surface area contributed by atoms with Crippen molar-refractivity contribution in [2.75, 3.05) is 11.9 Å². The standard InChI is InChI=1S/C15H22N2O2/c16-9-12-5-1-4-8-15(12)17-13(10-18)11-19-14-6-2-3-7-14/h1,4-5,8,10,13-14,17H,2-3,6-7,9,11,16H2. The maximum absolute atomic E-state index is 11.1. The van der Waals surface area contributed by atoms with Crippen LogP contribution in [-0.4, -0.2) is 25.0 Å². The second kappa shape index (κ2) is 7.26. The van der Waals surface area contributed by atoms with Crippen LogP contribution < -0.4 is 11.1 Å². The van der Waals surface area contributed by atoms with Crippen LogP contribution in [0.5, 0.6) is 0 Å². The molecule has 0 saturated heterocycles. The number of rotatable bonds is 7. The molecule has 4 heteroatoms. The molecule has 1 saturated carbocycles. The van der Waals surface area contributed by atoms with Crippen molar-refractivity contribution in [1.29, 1.82) is 0 Å². The fourth-order valence-corrected chi connectivity index (χ4v) is 2.45. The summed E-state index contributed by atoms with van der Waals surface area (Å²) < 4.78 is 5.78. The molecule has 0 aliphatic heterocycles. The molecule has 1 aliphatic carbocycles. The van der Waals surface area contributed by atoms with Gasteiger partial charge in [0.15, 0.2) is 0 Å². The molecule has 3 N–H and O–H groups in total. The number of hydrogen-bond donors (Lipinski definition) is 2. The fourth-order valence-electron chi connectivity index (χ4n) is 2.45. The molecule has 1 fully saturated rings. The summed E-state index contributed by atoms with van der Waals surface area (Å²) in [7, 11) is 0. The summed E-state index contributed by atoms with van der Waals surface area (Å²) in [4.78, 5) is 11.1. The van der Waals surface area contributed by atoms with E-state index in [1.54, 1.807) is 0 Å². The quantitative estimate of drug-likeness (QED) is 0.738. The molecule has 19 heavy (non-hydrogen) atoms. The minimum Gasteiger partial charge on any atom is -0.376 e. The Hall–Kier alpha value is -1.39. The molecule has 1 atom stereocenters. The number of hydrogen-bond acceptors (Lipinski definition) is 4. The molecule has 0 bridgehead atoms. The van der Waals surface area contributed by atoms with Crippen LogP contribution in [0.15, 0.2) is 24.3 Å². The topological polar surface area (TPSA) is 64.3 Å². The van der Waals surface area contributed by atoms with E-state index in [9.17, 15) is 4.79 Å². The first-order valence-corrected chi connectivity index (χ1v) is 6.95. The number of aldehydes is 1. The molecule has 1 unspecified atom stereocenters. The molecule has 2 rings (SSSR count). The van der Waals surface area contributed by atoms with Crippen LogP contribution in [0.25, 0.3) is 0 Å². The van der Waals surface area contributed by atoms with Crippen molar-refractivity contribution in [1.82, 2.24) is 0 Å². The van der Waals surface area contributed by atoms with Crippen molar-refractivity contribution in [2.24, 2.45) is 5.73 Å². The van der Waals surface area contributed by atoms with Gasteiger partial charge in [-0.1, -0.05) is 31.0 Å². The second-order valence-electron chi connectivity index (χ2n) is 4.99. The zero-order valence-electron chi connectivity index (χ0n) is 11.2. The summed E-state index contributed by atoms with van der Waals surface area (Å²) >= 11 is 0. The Morgan fingerprint density at radius 1 is 1.37 bits per heavy atom. The van der Waals surface area contributed by atoms with Gasteiger partial charge in [0.25, 0.3) is 0 Å². The molecule has 0 radical (unpaired) electrons. The molecule has 1 aromatic carbocycles. The van der Waals surface area contributed by atoms with E-state index in [2.05, 4.69) is 5.32 Å². The van der Waals surface area contributed by atoms with E-state index < -0.39 is 0 Å². The molecule has 0 spiro atoms. The Bertz CT molecular complexity index is 403. The molecule has 4 nitrogen and oxygen atoms in total. The van der Waals surface area contributed by atoms with Gasteiger partial charge in [0.05, 0.1) is 12.7 Å². The third kappa shape index (κ3) is 4.04. The third-order valence-electron chi connectivity index (χ3n) is 3.56. The van der Waals surface area contributed by atoms with Crippen LogP contribution in [0, 0.1) is 0 Å². The fraction of sp³-hybridized carbons (Fsp3) is 0.533. The van der Waals surface area contributed by atoms with Crippen molar-refractivity contribution in [2.45, 2.75) is 44.4 Å². The van der Waals surface area contributed by atoms with E-state index in [1.165, 1.54) is 12.8 Å². The molecular formula is C15H22N2O2. The van der Waals surface area contributed by atoms with Crippen LogP contribution in [0.4, 0.5) is 5.69 Å². The highest BCUT2D eigenvalue weighted by atomic mass is 16.5. The molecule has 0 heterocycles. The number of para-hydroxylation sites is 1. The number of anilines is 1. The summed E-state index contributed by atoms with van der Waals surface area (Å²) in [6.07, 6.45) is 5.94. The predicted octanol–water partition coefficient (Wildman–Crippen LogP) is 2.08. The molecule has 104 valence electrons. The number of ether oxygens (including phenoxy) is 1. The molecular weight excluding hydrogens is 240 g/mol. The average Bonchev–Trinajstić information content (AvgIpc) is 2.97. The van der Waals surface area contributed by atoms with Gasteiger partial charge >= 0.3 is 0 Å². The van der Waals surface area contributed by atoms with Crippen LogP contribution >= 0.6 is 0 Å². The van der Waals surface area contributed by atoms with Gasteiger partial charge in [0.1, 0.15) is 12.3 Å². The van der Waals surface area contributed by atoms with E-state index in [0.717, 1.165) is 30.4 Å². The Kier molecular flexibility index (Phi) is 5.36. The molecule has 0 aromatic heterocycles. The van der Waals surface area contributed by atoms with Gasteiger partial charge in [-0.15, -0.1) is 0 Å². The highest BCUT2D eigenvalue weighted by molar-refractivity contribution is 5.66. The Labute approximate surface area is 114 Å². The summed E-state index contributed by atoms with van der Waals surface area (Å²) in [6, 6.07) is 7.46. The Balaban J connectivity index is 1.88. The second-order valence-corrected chi connectivity index (χ2v) is 4.99. The minimum atomic E-state index is -0.312. The van der Waals surface area contributed by atoms with E-state index in [4.69, 9.17) is 10.5 Å².